The summed E-state index contributed by atoms with van der Waals surface area (Å²) < 4.78 is 0. The number of rotatable bonds is 0. The molecule has 1 aliphatic heterocycles. The van der Waals surface area contributed by atoms with Gasteiger partial charge in [-0.05, 0) is 0 Å². The van der Waals surface area contributed by atoms with Crippen molar-refractivity contribution in [2.45, 2.75) is 0 Å². The molecule has 0 saturated carbocycles. The summed E-state index contributed by atoms with van der Waals surface area (Å²) in [7, 11) is 1.78. The molecule has 0 atom stereocenters. The van der Waals surface area contributed by atoms with Crippen molar-refractivity contribution >= 4 is 15.1 Å². The van der Waals surface area contributed by atoms with Crippen molar-refractivity contribution in [3.63, 3.8) is 0 Å². The third-order valence-electron chi connectivity index (χ3n) is 0.552. The Bertz CT molecular complexity index is 16.5. The summed E-state index contributed by atoms with van der Waals surface area (Å²) >= 11 is 0. The monoisotopic (exact) mass is 69.1 g/mol. The van der Waals surface area contributed by atoms with E-state index in [1.165, 1.54) is 0 Å². The van der Waals surface area contributed by atoms with Gasteiger partial charge in [-0.15, -0.1) is 0 Å². The normalized spacial score (nSPS) is 20.8. The molecule has 0 spiro atoms. The molecule has 0 radical (unpaired) electrons. The van der Waals surface area contributed by atoms with Gasteiger partial charge in [-0.2, -0.15) is 0 Å². The van der Waals surface area contributed by atoms with E-state index < -0.39 is 0 Å². The average Bonchev–Trinajstić information content (AvgIpc) is 1.76. The second-order valence-corrected chi connectivity index (χ2v) is 0.957. The molecule has 3 N–H and O–H groups in total. The van der Waals surface area contributed by atoms with Gasteiger partial charge in [0.2, 0.25) is 0 Å². The first-order valence-electron chi connectivity index (χ1n) is 1.66. The van der Waals surface area contributed by atoms with Crippen molar-refractivity contribution in [1.29, 1.82) is 0 Å². The molecule has 1 fully saturated rings. The van der Waals surface area contributed by atoms with Crippen LogP contribution in [0.25, 0.3) is 0 Å². The van der Waals surface area contributed by atoms with E-state index in [1.54, 1.807) is 0 Å². The van der Waals surface area contributed by atoms with Gasteiger partial charge in [-0.25, -0.2) is 0 Å². The molecule has 1 rings (SSSR count). The number of hydrogen-bond acceptors (Lipinski definition) is 3. The Labute approximate surface area is 32.1 Å². The molecule has 3 nitrogen and oxygen atoms in total. The Morgan fingerprint density at radius 3 is 1.80 bits per heavy atom. The summed E-state index contributed by atoms with van der Waals surface area (Å²) in [5, 5.41) is 8.72. The summed E-state index contributed by atoms with van der Waals surface area (Å²) in [6, 6.07) is 0. The molecule has 0 aromatic rings. The Morgan fingerprint density at radius 2 is 1.60 bits per heavy atom. The Balaban J connectivity index is 2.08. The topological polar surface area (TPSA) is 36.1 Å². The van der Waals surface area contributed by atoms with Gasteiger partial charge in [0, 0.05) is 0 Å². The molecule has 26 valence electrons. The van der Waals surface area contributed by atoms with Gasteiger partial charge in [0.1, 0.15) is 0 Å². The second kappa shape index (κ2) is 1.45. The Kier molecular flexibility index (Phi) is 0.929. The number of hydrazine groups is 1. The van der Waals surface area contributed by atoms with Crippen LogP contribution in [0.5, 0.6) is 0 Å². The fourth-order valence-corrected chi connectivity index (χ4v) is 0.312. The largest absolute Gasteiger partial charge is 0.375 e. The van der Waals surface area contributed by atoms with E-state index >= 15 is 0 Å². The number of hydrogen-bond donors (Lipinski definition) is 3. The van der Waals surface area contributed by atoms with Gasteiger partial charge < -0.3 is 5.14 Å². The van der Waals surface area contributed by atoms with Crippen LogP contribution in [0.1, 0.15) is 0 Å². The lowest BCUT2D eigenvalue weighted by atomic mass is 10.1. The highest BCUT2D eigenvalue weighted by molar-refractivity contribution is 6.52. The minimum Gasteiger partial charge on any atom is -0.375 e. The van der Waals surface area contributed by atoms with E-state index in [1.807, 2.05) is 0 Å². The minimum absolute atomic E-state index is 0.889. The Morgan fingerprint density at radius 1 is 1.00 bits per heavy atom. The fraction of sp³-hybridized carbons (Fsp3) is 0. The predicted molar refractivity (Wildman–Crippen MR) is 23.7 cm³/mol. The molecular formula is H5B2N3. The summed E-state index contributed by atoms with van der Waals surface area (Å²) in [6.07, 6.45) is 0. The van der Waals surface area contributed by atoms with Gasteiger partial charge in [0.05, 0.1) is 0 Å². The van der Waals surface area contributed by atoms with Crippen molar-refractivity contribution in [3.05, 3.63) is 0 Å². The third-order valence-corrected chi connectivity index (χ3v) is 0.552. The molecule has 5 heteroatoms. The lowest BCUT2D eigenvalue weighted by Crippen LogP contribution is -2.25. The van der Waals surface area contributed by atoms with Crippen LogP contribution in [0.2, 0.25) is 0 Å². The van der Waals surface area contributed by atoms with Crippen molar-refractivity contribution < 1.29 is 0 Å². The van der Waals surface area contributed by atoms with Gasteiger partial charge in [-0.1, -0.05) is 0 Å². The summed E-state index contributed by atoms with van der Waals surface area (Å²) in [5.74, 6) is 0. The maximum absolute atomic E-state index is 3.00. The second-order valence-electron chi connectivity index (χ2n) is 0.957. The van der Waals surface area contributed by atoms with Crippen LogP contribution >= 0.6 is 0 Å². The van der Waals surface area contributed by atoms with Crippen LogP contribution in [-0.2, 0) is 0 Å². The standard InChI is InChI=1S/B2H5N3/c1-3-2-5-4-1/h1-5H. The molecule has 0 unspecified atom stereocenters. The molecule has 0 amide bonds. The van der Waals surface area contributed by atoms with Crippen LogP contribution in [0.15, 0.2) is 0 Å². The first kappa shape index (κ1) is 3.21. The van der Waals surface area contributed by atoms with Crippen molar-refractivity contribution in [1.82, 2.24) is 15.8 Å². The van der Waals surface area contributed by atoms with Crippen molar-refractivity contribution in [3.8, 4) is 0 Å². The van der Waals surface area contributed by atoms with Crippen LogP contribution in [0, 0.1) is 0 Å². The molecule has 1 aliphatic rings. The van der Waals surface area contributed by atoms with Crippen LogP contribution in [0.4, 0.5) is 0 Å². The minimum atomic E-state index is 0.889. The predicted octanol–water partition coefficient (Wildman–Crippen LogP) is -2.78. The summed E-state index contributed by atoms with van der Waals surface area (Å²) in [6.45, 7) is 0. The highest BCUT2D eigenvalue weighted by Gasteiger charge is 1.95. The maximum Gasteiger partial charge on any atom is 0.288 e. The van der Waals surface area contributed by atoms with E-state index in [2.05, 4.69) is 15.8 Å². The first-order chi connectivity index (χ1) is 2.50. The van der Waals surface area contributed by atoms with E-state index in [0.29, 0.717) is 0 Å². The molecule has 0 aliphatic carbocycles. The lowest BCUT2D eigenvalue weighted by molar-refractivity contribution is 0.965. The molecular weight excluding hydrogens is 63.6 g/mol. The molecule has 5 heavy (non-hydrogen) atoms. The fourth-order valence-electron chi connectivity index (χ4n) is 0.312. The van der Waals surface area contributed by atoms with Gasteiger partial charge in [0.25, 0.3) is 15.1 Å². The van der Waals surface area contributed by atoms with E-state index in [4.69, 9.17) is 0 Å². The Hall–Kier alpha value is 0.00987. The quantitative estimate of drug-likeness (QED) is 0.269. The van der Waals surface area contributed by atoms with Crippen LogP contribution < -0.4 is 15.8 Å². The first-order valence-corrected chi connectivity index (χ1v) is 1.66. The van der Waals surface area contributed by atoms with Gasteiger partial charge >= 0.3 is 0 Å². The zero-order valence-electron chi connectivity index (χ0n) is 2.91. The molecule has 1 heterocycles. The SMILES string of the molecule is B1NBNN1. The number of nitrogens with one attached hydrogen (secondary N) is 3. The van der Waals surface area contributed by atoms with Crippen LogP contribution in [0.3, 0.4) is 0 Å². The maximum atomic E-state index is 3.00. The smallest absolute Gasteiger partial charge is 0.288 e. The van der Waals surface area contributed by atoms with Gasteiger partial charge in [0.15, 0.2) is 0 Å². The summed E-state index contributed by atoms with van der Waals surface area (Å²) in [4.78, 5) is 0. The molecule has 0 bridgehead atoms. The van der Waals surface area contributed by atoms with E-state index in [9.17, 15) is 0 Å². The van der Waals surface area contributed by atoms with E-state index in [-0.39, 0.29) is 0 Å². The average molecular weight is 68.7 g/mol. The van der Waals surface area contributed by atoms with Gasteiger partial charge in [-0.3, -0.25) is 10.7 Å². The highest BCUT2D eigenvalue weighted by Crippen LogP contribution is 1.43. The molecule has 0 aromatic heterocycles. The third kappa shape index (κ3) is 0.645. The van der Waals surface area contributed by atoms with E-state index in [0.717, 1.165) is 15.1 Å². The molecule has 0 aromatic carbocycles. The zero-order chi connectivity index (χ0) is 3.54. The molecule has 1 saturated heterocycles. The highest BCUT2D eigenvalue weighted by atomic mass is 15.3. The van der Waals surface area contributed by atoms with Crippen molar-refractivity contribution in [2.24, 2.45) is 0 Å². The summed E-state index contributed by atoms with van der Waals surface area (Å²) in [5.41, 5.74) is 0. The lowest BCUT2D eigenvalue weighted by Gasteiger charge is -1.78. The zero-order valence-corrected chi connectivity index (χ0v) is 2.91. The van der Waals surface area contributed by atoms with Crippen LogP contribution in [-0.4, -0.2) is 15.1 Å². The van der Waals surface area contributed by atoms with Crippen molar-refractivity contribution in [2.75, 3.05) is 0 Å².